The summed E-state index contributed by atoms with van der Waals surface area (Å²) < 4.78 is 6.96. The van der Waals surface area contributed by atoms with Crippen LogP contribution in [0.1, 0.15) is 22.1 Å². The second-order valence-electron chi connectivity index (χ2n) is 6.11. The Morgan fingerprint density at radius 2 is 1.59 bits per heavy atom. The Kier molecular flexibility index (Phi) is 4.85. The summed E-state index contributed by atoms with van der Waals surface area (Å²) in [4.78, 5) is 16.3. The third-order valence-corrected chi connectivity index (χ3v) is 5.30. The van der Waals surface area contributed by atoms with Crippen molar-refractivity contribution >= 4 is 27.5 Å². The molecule has 4 aromatic rings. The van der Waals surface area contributed by atoms with E-state index in [0.29, 0.717) is 12.4 Å². The molecule has 4 rings (SSSR count). The zero-order chi connectivity index (χ0) is 18.6. The van der Waals surface area contributed by atoms with Crippen LogP contribution in [-0.2, 0) is 11.4 Å². The second-order valence-corrected chi connectivity index (χ2v) is 7.23. The van der Waals surface area contributed by atoms with Gasteiger partial charge in [0.25, 0.3) is 0 Å². The van der Waals surface area contributed by atoms with Gasteiger partial charge in [0.05, 0.1) is 10.2 Å². The number of hydrogen-bond acceptors (Lipinski definition) is 4. The van der Waals surface area contributed by atoms with Crippen molar-refractivity contribution in [1.82, 2.24) is 4.98 Å². The van der Waals surface area contributed by atoms with Crippen LogP contribution in [0.2, 0.25) is 0 Å². The number of carboxylic acid groups (broad SMARTS) is 1. The number of para-hydroxylation sites is 1. The molecule has 1 aromatic heterocycles. The van der Waals surface area contributed by atoms with Gasteiger partial charge in [0, 0.05) is 0 Å². The molecule has 134 valence electrons. The van der Waals surface area contributed by atoms with E-state index < -0.39 is 11.9 Å². The summed E-state index contributed by atoms with van der Waals surface area (Å²) in [6.07, 6.45) is 0. The maximum absolute atomic E-state index is 11.7. The molecule has 0 saturated carbocycles. The van der Waals surface area contributed by atoms with Crippen LogP contribution in [0.25, 0.3) is 10.2 Å². The number of rotatable bonds is 6. The van der Waals surface area contributed by atoms with Crippen LogP contribution in [0.4, 0.5) is 0 Å². The predicted octanol–water partition coefficient (Wildman–Crippen LogP) is 5.09. The van der Waals surface area contributed by atoms with Crippen LogP contribution >= 0.6 is 11.3 Å². The molecule has 0 bridgehead atoms. The number of nitrogens with zero attached hydrogens (tertiary/aromatic N) is 1. The Hall–Kier alpha value is -3.18. The third-order valence-electron chi connectivity index (χ3n) is 4.29. The van der Waals surface area contributed by atoms with Crippen molar-refractivity contribution in [3.8, 4) is 5.75 Å². The van der Waals surface area contributed by atoms with E-state index >= 15 is 0 Å². The summed E-state index contributed by atoms with van der Waals surface area (Å²) in [6.45, 7) is 0.389. The predicted molar refractivity (Wildman–Crippen MR) is 106 cm³/mol. The second kappa shape index (κ2) is 7.60. The molecule has 1 N–H and O–H groups in total. The highest BCUT2D eigenvalue weighted by atomic mass is 32.1. The lowest BCUT2D eigenvalue weighted by Gasteiger charge is -2.14. The van der Waals surface area contributed by atoms with Crippen LogP contribution in [0.3, 0.4) is 0 Å². The molecule has 0 aliphatic rings. The molecular weight excluding hydrogens is 358 g/mol. The monoisotopic (exact) mass is 375 g/mol. The third kappa shape index (κ3) is 3.83. The fraction of sp³-hybridized carbons (Fsp3) is 0.0909. The van der Waals surface area contributed by atoms with Crippen molar-refractivity contribution < 1.29 is 14.6 Å². The number of hydrogen-bond donors (Lipinski definition) is 1. The molecule has 1 atom stereocenters. The SMILES string of the molecule is O=C(O)C(c1ccccc1)c1ccc(OCc2nc3ccccc3s2)cc1. The van der Waals surface area contributed by atoms with Crippen molar-refractivity contribution in [2.24, 2.45) is 0 Å². The van der Waals surface area contributed by atoms with Gasteiger partial charge in [-0.2, -0.15) is 0 Å². The Labute approximate surface area is 160 Å². The van der Waals surface area contributed by atoms with Gasteiger partial charge in [0.1, 0.15) is 23.3 Å². The van der Waals surface area contributed by atoms with Crippen molar-refractivity contribution in [3.05, 3.63) is 95.0 Å². The van der Waals surface area contributed by atoms with Gasteiger partial charge in [0.15, 0.2) is 0 Å². The molecule has 0 radical (unpaired) electrons. The van der Waals surface area contributed by atoms with Gasteiger partial charge in [-0.3, -0.25) is 4.79 Å². The summed E-state index contributed by atoms with van der Waals surface area (Å²) in [5, 5.41) is 10.5. The lowest BCUT2D eigenvalue weighted by Crippen LogP contribution is -2.12. The number of benzene rings is 3. The summed E-state index contributed by atoms with van der Waals surface area (Å²) in [5.41, 5.74) is 2.46. The lowest BCUT2D eigenvalue weighted by atomic mass is 9.91. The van der Waals surface area contributed by atoms with Gasteiger partial charge in [-0.15, -0.1) is 11.3 Å². The first-order chi connectivity index (χ1) is 13.2. The molecule has 0 spiro atoms. The molecule has 1 unspecified atom stereocenters. The highest BCUT2D eigenvalue weighted by molar-refractivity contribution is 7.18. The summed E-state index contributed by atoms with van der Waals surface area (Å²) in [6, 6.07) is 24.4. The van der Waals surface area contributed by atoms with Gasteiger partial charge >= 0.3 is 5.97 Å². The number of aromatic nitrogens is 1. The van der Waals surface area contributed by atoms with Crippen LogP contribution in [-0.4, -0.2) is 16.1 Å². The van der Waals surface area contributed by atoms with E-state index in [9.17, 15) is 9.90 Å². The molecule has 1 heterocycles. The molecular formula is C22H17NO3S. The Morgan fingerprint density at radius 3 is 2.30 bits per heavy atom. The first-order valence-electron chi connectivity index (χ1n) is 8.55. The Bertz CT molecular complexity index is 1020. The first kappa shape index (κ1) is 17.2. The standard InChI is InChI=1S/C22H17NO3S/c24-22(25)21(15-6-2-1-3-7-15)16-10-12-17(13-11-16)26-14-20-23-18-8-4-5-9-19(18)27-20/h1-13,21H,14H2,(H,24,25). The number of carbonyl (C=O) groups is 1. The topological polar surface area (TPSA) is 59.4 Å². The number of ether oxygens (including phenoxy) is 1. The quantitative estimate of drug-likeness (QED) is 0.510. The first-order valence-corrected chi connectivity index (χ1v) is 9.37. The summed E-state index contributed by atoms with van der Waals surface area (Å²) >= 11 is 1.61. The van der Waals surface area contributed by atoms with E-state index in [-0.39, 0.29) is 0 Å². The summed E-state index contributed by atoms with van der Waals surface area (Å²) in [7, 11) is 0. The largest absolute Gasteiger partial charge is 0.486 e. The van der Waals surface area contributed by atoms with Crippen LogP contribution in [0.15, 0.2) is 78.9 Å². The molecule has 0 fully saturated rings. The van der Waals surface area contributed by atoms with Gasteiger partial charge in [-0.05, 0) is 35.4 Å². The smallest absolute Gasteiger partial charge is 0.315 e. The molecule has 0 amide bonds. The molecule has 0 aliphatic carbocycles. The fourth-order valence-electron chi connectivity index (χ4n) is 3.01. The van der Waals surface area contributed by atoms with Gasteiger partial charge < -0.3 is 9.84 Å². The van der Waals surface area contributed by atoms with Gasteiger partial charge in [-0.25, -0.2) is 4.98 Å². The maximum atomic E-state index is 11.7. The van der Waals surface area contributed by atoms with Crippen molar-refractivity contribution in [2.75, 3.05) is 0 Å². The van der Waals surface area contributed by atoms with Crippen LogP contribution < -0.4 is 4.74 Å². The number of thiazole rings is 1. The van der Waals surface area contributed by atoms with E-state index in [1.807, 2.05) is 66.7 Å². The lowest BCUT2D eigenvalue weighted by molar-refractivity contribution is -0.137. The Morgan fingerprint density at radius 1 is 0.926 bits per heavy atom. The van der Waals surface area contributed by atoms with E-state index in [0.717, 1.165) is 26.4 Å². The number of aliphatic carboxylic acids is 1. The van der Waals surface area contributed by atoms with Crippen LogP contribution in [0.5, 0.6) is 5.75 Å². The zero-order valence-corrected chi connectivity index (χ0v) is 15.2. The van der Waals surface area contributed by atoms with E-state index in [1.165, 1.54) is 0 Å². The molecule has 0 saturated heterocycles. The number of carboxylic acids is 1. The van der Waals surface area contributed by atoms with Gasteiger partial charge in [-0.1, -0.05) is 54.6 Å². The number of fused-ring (bicyclic) bond motifs is 1. The summed E-state index contributed by atoms with van der Waals surface area (Å²) in [5.74, 6) is -0.871. The minimum absolute atomic E-state index is 0.389. The van der Waals surface area contributed by atoms with Crippen molar-refractivity contribution in [1.29, 1.82) is 0 Å². The molecule has 4 nitrogen and oxygen atoms in total. The van der Waals surface area contributed by atoms with Crippen molar-refractivity contribution in [3.63, 3.8) is 0 Å². The normalized spacial score (nSPS) is 12.0. The molecule has 5 heteroatoms. The molecule has 27 heavy (non-hydrogen) atoms. The van der Waals surface area contributed by atoms with Crippen molar-refractivity contribution in [2.45, 2.75) is 12.5 Å². The maximum Gasteiger partial charge on any atom is 0.315 e. The average molecular weight is 375 g/mol. The van der Waals surface area contributed by atoms with Crippen LogP contribution in [0, 0.1) is 0 Å². The van der Waals surface area contributed by atoms with E-state index in [1.54, 1.807) is 23.5 Å². The highest BCUT2D eigenvalue weighted by Gasteiger charge is 2.21. The minimum Gasteiger partial charge on any atom is -0.486 e. The van der Waals surface area contributed by atoms with E-state index in [2.05, 4.69) is 4.98 Å². The Balaban J connectivity index is 1.48. The minimum atomic E-state index is -0.871. The molecule has 3 aromatic carbocycles. The van der Waals surface area contributed by atoms with Gasteiger partial charge in [0.2, 0.25) is 0 Å². The highest BCUT2D eigenvalue weighted by Crippen LogP contribution is 2.27. The average Bonchev–Trinajstić information content (AvgIpc) is 3.11. The van der Waals surface area contributed by atoms with E-state index in [4.69, 9.17) is 4.74 Å². The fourth-order valence-corrected chi connectivity index (χ4v) is 3.89. The zero-order valence-electron chi connectivity index (χ0n) is 14.4. The molecule has 0 aliphatic heterocycles.